The van der Waals surface area contributed by atoms with Crippen LogP contribution in [0, 0.1) is 12.7 Å². The van der Waals surface area contributed by atoms with Gasteiger partial charge in [0.1, 0.15) is 11.6 Å². The quantitative estimate of drug-likeness (QED) is 0.295. The van der Waals surface area contributed by atoms with E-state index in [0.29, 0.717) is 12.2 Å². The Bertz CT molecular complexity index is 1380. The molecule has 0 bridgehead atoms. The average Bonchev–Trinajstić information content (AvgIpc) is 3.40. The number of aliphatic imine (C=N–C) groups is 1. The third-order valence-corrected chi connectivity index (χ3v) is 8.62. The standard InChI is InChI=1S/C33H39FN4O2/c1-24-19-25-20-30-31(35-23-29-7-6-13-38(29)33(30)39)21-26(25)22-32(24)40-18-5-3-2-4-12-36-14-16-37(17-15-36)28-10-8-27(34)9-11-28/h8-11,19-23,29H,2-7,12-18H2,1H3/t29-/m0/s1. The molecule has 3 heterocycles. The molecule has 40 heavy (non-hydrogen) atoms. The van der Waals surface area contributed by atoms with E-state index in [1.54, 1.807) is 12.1 Å². The number of ether oxygens (including phenoxy) is 1. The van der Waals surface area contributed by atoms with Gasteiger partial charge in [0.05, 0.1) is 23.9 Å². The second-order valence-electron chi connectivity index (χ2n) is 11.4. The first-order chi connectivity index (χ1) is 19.5. The average molecular weight is 543 g/mol. The third-order valence-electron chi connectivity index (χ3n) is 8.62. The van der Waals surface area contributed by atoms with Crippen LogP contribution in [-0.4, -0.2) is 73.8 Å². The highest BCUT2D eigenvalue weighted by molar-refractivity contribution is 6.06. The Kier molecular flexibility index (Phi) is 8.00. The zero-order valence-corrected chi connectivity index (χ0v) is 23.4. The van der Waals surface area contributed by atoms with Gasteiger partial charge in [-0.15, -0.1) is 0 Å². The van der Waals surface area contributed by atoms with Gasteiger partial charge in [-0.3, -0.25) is 14.7 Å². The van der Waals surface area contributed by atoms with Crippen LogP contribution in [0.2, 0.25) is 0 Å². The number of anilines is 1. The van der Waals surface area contributed by atoms with Crippen LogP contribution in [0.5, 0.6) is 5.75 Å². The number of rotatable bonds is 9. The van der Waals surface area contributed by atoms with Gasteiger partial charge in [0.2, 0.25) is 0 Å². The van der Waals surface area contributed by atoms with Crippen molar-refractivity contribution in [2.24, 2.45) is 4.99 Å². The number of halogens is 1. The van der Waals surface area contributed by atoms with Gasteiger partial charge in [0, 0.05) is 44.6 Å². The van der Waals surface area contributed by atoms with Crippen LogP contribution in [0.3, 0.4) is 0 Å². The highest BCUT2D eigenvalue weighted by atomic mass is 19.1. The van der Waals surface area contributed by atoms with Crippen molar-refractivity contribution >= 4 is 34.3 Å². The summed E-state index contributed by atoms with van der Waals surface area (Å²) >= 11 is 0. The highest BCUT2D eigenvalue weighted by Crippen LogP contribution is 2.35. The van der Waals surface area contributed by atoms with E-state index in [4.69, 9.17) is 9.73 Å². The summed E-state index contributed by atoms with van der Waals surface area (Å²) < 4.78 is 19.4. The largest absolute Gasteiger partial charge is 0.493 e. The second-order valence-corrected chi connectivity index (χ2v) is 11.4. The van der Waals surface area contributed by atoms with Crippen LogP contribution in [0.4, 0.5) is 15.8 Å². The Morgan fingerprint density at radius 1 is 0.925 bits per heavy atom. The summed E-state index contributed by atoms with van der Waals surface area (Å²) in [5, 5.41) is 2.12. The summed E-state index contributed by atoms with van der Waals surface area (Å²) in [5.74, 6) is 0.834. The fraction of sp³-hybridized carbons (Fsp3) is 0.455. The Morgan fingerprint density at radius 3 is 2.52 bits per heavy atom. The molecular weight excluding hydrogens is 503 g/mol. The minimum Gasteiger partial charge on any atom is -0.493 e. The van der Waals surface area contributed by atoms with Gasteiger partial charge in [0.15, 0.2) is 0 Å². The number of hydrogen-bond acceptors (Lipinski definition) is 5. The molecule has 0 aromatic heterocycles. The third kappa shape index (κ3) is 5.85. The van der Waals surface area contributed by atoms with Crippen LogP contribution in [0.25, 0.3) is 10.8 Å². The van der Waals surface area contributed by atoms with Gasteiger partial charge in [-0.25, -0.2) is 4.39 Å². The Labute approximate surface area is 236 Å². The first-order valence-corrected chi connectivity index (χ1v) is 14.8. The fourth-order valence-corrected chi connectivity index (χ4v) is 6.24. The van der Waals surface area contributed by atoms with Crippen molar-refractivity contribution < 1.29 is 13.9 Å². The predicted molar refractivity (Wildman–Crippen MR) is 160 cm³/mol. The number of nitrogens with zero attached hydrogens (tertiary/aromatic N) is 4. The molecule has 2 fully saturated rings. The Morgan fingerprint density at radius 2 is 1.70 bits per heavy atom. The number of hydrogen-bond donors (Lipinski definition) is 0. The molecule has 0 unspecified atom stereocenters. The van der Waals surface area contributed by atoms with Crippen molar-refractivity contribution in [3.8, 4) is 5.75 Å². The molecule has 3 aromatic rings. The second kappa shape index (κ2) is 12.0. The number of unbranched alkanes of at least 4 members (excludes halogenated alkanes) is 3. The molecule has 2 saturated heterocycles. The van der Waals surface area contributed by atoms with Crippen molar-refractivity contribution in [3.63, 3.8) is 0 Å². The van der Waals surface area contributed by atoms with Crippen molar-refractivity contribution in [1.82, 2.24) is 9.80 Å². The van der Waals surface area contributed by atoms with Crippen LogP contribution in [0.1, 0.15) is 54.4 Å². The Balaban J connectivity index is 0.943. The topological polar surface area (TPSA) is 48.4 Å². The Hall–Kier alpha value is -3.45. The molecule has 3 aliphatic heterocycles. The van der Waals surface area contributed by atoms with E-state index >= 15 is 0 Å². The van der Waals surface area contributed by atoms with Crippen molar-refractivity contribution in [2.45, 2.75) is 51.5 Å². The van der Waals surface area contributed by atoms with Gasteiger partial charge in [-0.2, -0.15) is 0 Å². The van der Waals surface area contributed by atoms with Crippen LogP contribution in [-0.2, 0) is 0 Å². The molecule has 0 N–H and O–H groups in total. The van der Waals surface area contributed by atoms with E-state index in [-0.39, 0.29) is 17.8 Å². The molecule has 210 valence electrons. The lowest BCUT2D eigenvalue weighted by Crippen LogP contribution is -2.46. The SMILES string of the molecule is Cc1cc2cc3c(cc2cc1OCCCCCCN1CCN(c2ccc(F)cc2)CC1)N=C[C@@H]1CCCN1C3=O. The molecule has 0 aliphatic carbocycles. The molecular formula is C33H39FN4O2. The monoisotopic (exact) mass is 542 g/mol. The molecule has 0 saturated carbocycles. The number of benzene rings is 3. The summed E-state index contributed by atoms with van der Waals surface area (Å²) in [6.07, 6.45) is 8.59. The maximum absolute atomic E-state index is 13.2. The highest BCUT2D eigenvalue weighted by Gasteiger charge is 2.31. The van der Waals surface area contributed by atoms with Crippen LogP contribution < -0.4 is 9.64 Å². The summed E-state index contributed by atoms with van der Waals surface area (Å²) in [4.78, 5) is 24.7. The molecule has 1 atom stereocenters. The van der Waals surface area contributed by atoms with Crippen LogP contribution >= 0.6 is 0 Å². The van der Waals surface area contributed by atoms with E-state index in [9.17, 15) is 9.18 Å². The lowest BCUT2D eigenvalue weighted by molar-refractivity contribution is 0.0775. The predicted octanol–water partition coefficient (Wildman–Crippen LogP) is 6.37. The first kappa shape index (κ1) is 26.8. The maximum Gasteiger partial charge on any atom is 0.256 e. The van der Waals surface area contributed by atoms with Gasteiger partial charge in [0.25, 0.3) is 5.91 Å². The van der Waals surface area contributed by atoms with E-state index < -0.39 is 0 Å². The van der Waals surface area contributed by atoms with E-state index in [1.807, 2.05) is 35.4 Å². The molecule has 1 amide bonds. The smallest absolute Gasteiger partial charge is 0.256 e. The lowest BCUT2D eigenvalue weighted by atomic mass is 10.0. The van der Waals surface area contributed by atoms with E-state index in [1.165, 1.54) is 12.8 Å². The van der Waals surface area contributed by atoms with Crippen molar-refractivity contribution in [3.05, 3.63) is 65.5 Å². The lowest BCUT2D eigenvalue weighted by Gasteiger charge is -2.36. The summed E-state index contributed by atoms with van der Waals surface area (Å²) in [6.45, 7) is 8.84. The summed E-state index contributed by atoms with van der Waals surface area (Å²) in [7, 11) is 0. The number of fused-ring (bicyclic) bond motifs is 3. The van der Waals surface area contributed by atoms with E-state index in [2.05, 4.69) is 28.9 Å². The van der Waals surface area contributed by atoms with Crippen molar-refractivity contribution in [2.75, 3.05) is 50.8 Å². The van der Waals surface area contributed by atoms with Gasteiger partial charge in [-0.05, 0) is 104 Å². The maximum atomic E-state index is 13.2. The molecule has 7 heteroatoms. The number of carbonyl (C=O) groups excluding carboxylic acids is 1. The zero-order valence-electron chi connectivity index (χ0n) is 23.4. The number of aryl methyl sites for hydroxylation is 1. The molecule has 0 radical (unpaired) electrons. The van der Waals surface area contributed by atoms with Gasteiger partial charge < -0.3 is 14.5 Å². The fourth-order valence-electron chi connectivity index (χ4n) is 6.24. The number of piperazine rings is 1. The molecule has 6 rings (SSSR count). The molecule has 0 spiro atoms. The van der Waals surface area contributed by atoms with Gasteiger partial charge >= 0.3 is 0 Å². The first-order valence-electron chi connectivity index (χ1n) is 14.8. The minimum absolute atomic E-state index is 0.0992. The number of amides is 1. The summed E-state index contributed by atoms with van der Waals surface area (Å²) in [6, 6.07) is 15.2. The zero-order chi connectivity index (χ0) is 27.5. The van der Waals surface area contributed by atoms with Crippen molar-refractivity contribution in [1.29, 1.82) is 0 Å². The normalized spacial score (nSPS) is 19.1. The molecule has 6 nitrogen and oxygen atoms in total. The minimum atomic E-state index is -0.178. The van der Waals surface area contributed by atoms with E-state index in [0.717, 1.165) is 98.4 Å². The van der Waals surface area contributed by atoms with Gasteiger partial charge in [-0.1, -0.05) is 12.8 Å². The number of carbonyl (C=O) groups is 1. The summed E-state index contributed by atoms with van der Waals surface area (Å²) in [5.41, 5.74) is 3.67. The molecule has 3 aromatic carbocycles. The van der Waals surface area contributed by atoms with Crippen LogP contribution in [0.15, 0.2) is 53.5 Å². The molecule has 3 aliphatic rings.